The number of rotatable bonds is 4. The average molecular weight is 335 g/mol. The monoisotopic (exact) mass is 334 g/mol. The number of amides is 1. The summed E-state index contributed by atoms with van der Waals surface area (Å²) in [4.78, 5) is 14.6. The van der Waals surface area contributed by atoms with Crippen LogP contribution in [0.2, 0.25) is 0 Å². The van der Waals surface area contributed by atoms with Crippen LogP contribution in [0.1, 0.15) is 28.9 Å². The number of aryl methyl sites for hydroxylation is 1. The Kier molecular flexibility index (Phi) is 5.80. The highest BCUT2D eigenvalue weighted by Gasteiger charge is 2.29. The first-order chi connectivity index (χ1) is 10.7. The van der Waals surface area contributed by atoms with E-state index >= 15 is 0 Å². The van der Waals surface area contributed by atoms with Gasteiger partial charge < -0.3 is 10.2 Å². The molecule has 2 heterocycles. The molecule has 1 unspecified atom stereocenters. The second-order valence-electron chi connectivity index (χ2n) is 5.89. The summed E-state index contributed by atoms with van der Waals surface area (Å²) in [5, 5.41) is 10.4. The van der Waals surface area contributed by atoms with Crippen LogP contribution in [-0.4, -0.2) is 47.2 Å². The van der Waals surface area contributed by atoms with E-state index < -0.39 is 0 Å². The Balaban J connectivity index is 0.00000192. The predicted octanol–water partition coefficient (Wildman–Crippen LogP) is 2.63. The minimum absolute atomic E-state index is 0. The van der Waals surface area contributed by atoms with Crippen molar-refractivity contribution in [1.82, 2.24) is 20.4 Å². The zero-order chi connectivity index (χ0) is 15.5. The number of aromatic amines is 1. The van der Waals surface area contributed by atoms with E-state index in [0.29, 0.717) is 5.69 Å². The summed E-state index contributed by atoms with van der Waals surface area (Å²) in [5.74, 6) is 0.0450. The summed E-state index contributed by atoms with van der Waals surface area (Å²) in [6.07, 6.45) is 2.13. The lowest BCUT2D eigenvalue weighted by molar-refractivity contribution is 0.0731. The van der Waals surface area contributed by atoms with Gasteiger partial charge >= 0.3 is 0 Å². The van der Waals surface area contributed by atoms with Crippen molar-refractivity contribution >= 4 is 18.3 Å². The number of hydrogen-bond acceptors (Lipinski definition) is 3. The zero-order valence-corrected chi connectivity index (χ0v) is 14.3. The number of likely N-dealkylation sites (N-methyl/N-ethyl adjacent to an activating group) is 1. The zero-order valence-electron chi connectivity index (χ0n) is 13.5. The average Bonchev–Trinajstić information content (AvgIpc) is 3.17. The molecule has 5 nitrogen and oxygen atoms in total. The first-order valence-corrected chi connectivity index (χ1v) is 7.77. The Labute approximate surface area is 142 Å². The molecule has 0 spiro atoms. The van der Waals surface area contributed by atoms with Gasteiger partial charge in [0.25, 0.3) is 5.91 Å². The maximum atomic E-state index is 12.7. The highest BCUT2D eigenvalue weighted by atomic mass is 35.5. The maximum Gasteiger partial charge on any atom is 0.272 e. The molecule has 1 saturated heterocycles. The van der Waals surface area contributed by atoms with E-state index in [1.165, 1.54) is 5.56 Å². The lowest BCUT2D eigenvalue weighted by atomic mass is 10.1. The molecule has 1 aliphatic rings. The van der Waals surface area contributed by atoms with Gasteiger partial charge in [-0.1, -0.05) is 29.8 Å². The van der Waals surface area contributed by atoms with Gasteiger partial charge in [-0.25, -0.2) is 0 Å². The molecule has 2 aromatic rings. The van der Waals surface area contributed by atoms with Crippen molar-refractivity contribution in [3.05, 3.63) is 41.6 Å². The van der Waals surface area contributed by atoms with E-state index in [0.717, 1.165) is 37.2 Å². The molecule has 1 aromatic heterocycles. The molecule has 1 fully saturated rings. The number of carbonyl (C=O) groups excluding carboxylic acids is 1. The first-order valence-electron chi connectivity index (χ1n) is 7.77. The summed E-state index contributed by atoms with van der Waals surface area (Å²) >= 11 is 0. The van der Waals surface area contributed by atoms with Crippen molar-refractivity contribution in [2.45, 2.75) is 25.8 Å². The van der Waals surface area contributed by atoms with E-state index in [4.69, 9.17) is 0 Å². The summed E-state index contributed by atoms with van der Waals surface area (Å²) < 4.78 is 0. The van der Waals surface area contributed by atoms with Crippen LogP contribution in [0.15, 0.2) is 30.3 Å². The van der Waals surface area contributed by atoms with Crippen molar-refractivity contribution in [2.75, 3.05) is 20.1 Å². The molecule has 3 rings (SSSR count). The Bertz CT molecular complexity index is 653. The normalized spacial score (nSPS) is 17.1. The standard InChI is InChI=1S/C17H22N4O.ClH/c1-12-5-7-13(8-6-12)15-10-16(20-19-15)17(22)21-9-3-4-14(21)11-18-2;/h5-8,10,14,18H,3-4,9,11H2,1-2H3,(H,19,20);1H. The minimum Gasteiger partial charge on any atom is -0.333 e. The molecular formula is C17H23ClN4O. The van der Waals surface area contributed by atoms with Gasteiger partial charge in [0.05, 0.1) is 5.69 Å². The fraction of sp³-hybridized carbons (Fsp3) is 0.412. The SMILES string of the molecule is CNCC1CCCN1C(=O)c1cc(-c2ccc(C)cc2)n[nH]1.Cl. The quantitative estimate of drug-likeness (QED) is 0.903. The van der Waals surface area contributed by atoms with E-state index in [1.807, 2.05) is 30.1 Å². The van der Waals surface area contributed by atoms with Gasteiger partial charge in [-0.05, 0) is 32.9 Å². The van der Waals surface area contributed by atoms with Crippen molar-refractivity contribution in [3.63, 3.8) is 0 Å². The van der Waals surface area contributed by atoms with E-state index in [1.54, 1.807) is 0 Å². The van der Waals surface area contributed by atoms with Crippen LogP contribution in [0.3, 0.4) is 0 Å². The molecule has 0 bridgehead atoms. The topological polar surface area (TPSA) is 61.0 Å². The van der Waals surface area contributed by atoms with Crippen LogP contribution in [0.4, 0.5) is 0 Å². The van der Waals surface area contributed by atoms with Gasteiger partial charge in [-0.2, -0.15) is 5.10 Å². The molecule has 2 N–H and O–H groups in total. The van der Waals surface area contributed by atoms with Crippen molar-refractivity contribution in [1.29, 1.82) is 0 Å². The number of benzene rings is 1. The third kappa shape index (κ3) is 3.74. The van der Waals surface area contributed by atoms with Crippen LogP contribution in [0, 0.1) is 6.92 Å². The number of nitrogens with one attached hydrogen (secondary N) is 2. The second kappa shape index (κ2) is 7.62. The number of likely N-dealkylation sites (tertiary alicyclic amines) is 1. The predicted molar refractivity (Wildman–Crippen MR) is 94.0 cm³/mol. The fourth-order valence-electron chi connectivity index (χ4n) is 3.01. The molecule has 1 amide bonds. The van der Waals surface area contributed by atoms with Crippen molar-refractivity contribution in [2.24, 2.45) is 0 Å². The van der Waals surface area contributed by atoms with E-state index in [9.17, 15) is 4.79 Å². The molecule has 0 aliphatic carbocycles. The molecule has 23 heavy (non-hydrogen) atoms. The Morgan fingerprint density at radius 1 is 1.39 bits per heavy atom. The molecule has 6 heteroatoms. The number of aromatic nitrogens is 2. The fourth-order valence-corrected chi connectivity index (χ4v) is 3.01. The van der Waals surface area contributed by atoms with Gasteiger partial charge in [-0.3, -0.25) is 9.89 Å². The number of hydrogen-bond donors (Lipinski definition) is 2. The van der Waals surface area contributed by atoms with Crippen LogP contribution in [0.25, 0.3) is 11.3 Å². The van der Waals surface area contributed by atoms with Gasteiger partial charge in [0.15, 0.2) is 0 Å². The van der Waals surface area contributed by atoms with Gasteiger partial charge in [0.2, 0.25) is 0 Å². The summed E-state index contributed by atoms with van der Waals surface area (Å²) in [7, 11) is 1.92. The number of nitrogens with zero attached hydrogens (tertiary/aromatic N) is 2. The van der Waals surface area contributed by atoms with Crippen LogP contribution in [0.5, 0.6) is 0 Å². The van der Waals surface area contributed by atoms with Gasteiger partial charge in [0, 0.05) is 24.7 Å². The number of halogens is 1. The van der Waals surface area contributed by atoms with Gasteiger partial charge in [-0.15, -0.1) is 12.4 Å². The Hall–Kier alpha value is -1.85. The first kappa shape index (κ1) is 17.5. The minimum atomic E-state index is 0. The Morgan fingerprint density at radius 2 is 2.13 bits per heavy atom. The van der Waals surface area contributed by atoms with E-state index in [2.05, 4.69) is 34.6 Å². The lowest BCUT2D eigenvalue weighted by Crippen LogP contribution is -2.41. The van der Waals surface area contributed by atoms with Crippen molar-refractivity contribution in [3.8, 4) is 11.3 Å². The molecule has 1 aromatic carbocycles. The smallest absolute Gasteiger partial charge is 0.272 e. The molecular weight excluding hydrogens is 312 g/mol. The van der Waals surface area contributed by atoms with Crippen molar-refractivity contribution < 1.29 is 4.79 Å². The third-order valence-corrected chi connectivity index (χ3v) is 4.23. The molecule has 0 radical (unpaired) electrons. The van der Waals surface area contributed by atoms with Crippen LogP contribution < -0.4 is 5.32 Å². The van der Waals surface area contributed by atoms with Crippen LogP contribution >= 0.6 is 12.4 Å². The van der Waals surface area contributed by atoms with Crippen LogP contribution in [-0.2, 0) is 0 Å². The maximum absolute atomic E-state index is 12.7. The van der Waals surface area contributed by atoms with Gasteiger partial charge in [0.1, 0.15) is 5.69 Å². The summed E-state index contributed by atoms with van der Waals surface area (Å²) in [5.41, 5.74) is 3.61. The largest absolute Gasteiger partial charge is 0.333 e. The molecule has 124 valence electrons. The second-order valence-corrected chi connectivity index (χ2v) is 5.89. The summed E-state index contributed by atoms with van der Waals surface area (Å²) in [6.45, 7) is 3.72. The van der Waals surface area contributed by atoms with E-state index in [-0.39, 0.29) is 24.4 Å². The number of H-pyrrole nitrogens is 1. The molecule has 1 aliphatic heterocycles. The molecule has 1 atom stereocenters. The highest BCUT2D eigenvalue weighted by molar-refractivity contribution is 5.93. The molecule has 0 saturated carbocycles. The summed E-state index contributed by atoms with van der Waals surface area (Å²) in [6, 6.07) is 10.3. The number of carbonyl (C=O) groups is 1. The lowest BCUT2D eigenvalue weighted by Gasteiger charge is -2.23. The highest BCUT2D eigenvalue weighted by Crippen LogP contribution is 2.22. The Morgan fingerprint density at radius 3 is 2.83 bits per heavy atom. The third-order valence-electron chi connectivity index (χ3n) is 4.23.